The molecule has 0 unspecified atom stereocenters. The van der Waals surface area contributed by atoms with Gasteiger partial charge in [-0.2, -0.15) is 0 Å². The quantitative estimate of drug-likeness (QED) is 0.297. The van der Waals surface area contributed by atoms with E-state index in [1.807, 2.05) is 30.7 Å². The largest absolute Gasteiger partial charge is 0.341 e. The van der Waals surface area contributed by atoms with E-state index in [0.717, 1.165) is 72.1 Å². The number of carbonyl (C=O) groups is 1. The van der Waals surface area contributed by atoms with Crippen molar-refractivity contribution in [3.8, 4) is 11.8 Å². The number of likely N-dealkylation sites (tertiary alicyclic amines) is 1. The van der Waals surface area contributed by atoms with Crippen molar-refractivity contribution in [1.29, 1.82) is 0 Å². The van der Waals surface area contributed by atoms with E-state index >= 15 is 0 Å². The number of piperidine rings is 1. The van der Waals surface area contributed by atoms with Crippen LogP contribution in [0.3, 0.4) is 0 Å². The Labute approximate surface area is 253 Å². The van der Waals surface area contributed by atoms with Crippen LogP contribution in [0.5, 0.6) is 0 Å². The van der Waals surface area contributed by atoms with E-state index in [1.54, 1.807) is 14.0 Å². The standard InChI is InChI=1S/C33H33F2N7O2/c1-4-40-14-11-24(12-15-40)41-20-38-29-18-37-28-10-8-22(16-25(28)31(29)41)6-5-13-36-32(43)30-21(2)39(3)42(33(30)44)19-23-7-9-26(34)27(35)17-23/h7-10,16-18,20,24H,4,11-15,19H2,1-3H3,(H,36,43). The normalized spacial score (nSPS) is 14.2. The van der Waals surface area contributed by atoms with Crippen molar-refractivity contribution in [3.05, 3.63) is 93.3 Å². The number of hydrogen-bond acceptors (Lipinski definition) is 5. The molecule has 0 radical (unpaired) electrons. The first-order chi connectivity index (χ1) is 21.2. The van der Waals surface area contributed by atoms with Gasteiger partial charge in [-0.1, -0.05) is 24.8 Å². The zero-order chi connectivity index (χ0) is 31.0. The Hall–Kier alpha value is -4.82. The zero-order valence-electron chi connectivity index (χ0n) is 24.9. The van der Waals surface area contributed by atoms with Crippen molar-refractivity contribution in [2.75, 3.05) is 26.2 Å². The first-order valence-corrected chi connectivity index (χ1v) is 14.7. The second-order valence-corrected chi connectivity index (χ2v) is 11.1. The monoisotopic (exact) mass is 597 g/mol. The number of nitrogens with one attached hydrogen (secondary N) is 1. The maximum atomic E-state index is 13.7. The highest BCUT2D eigenvalue weighted by atomic mass is 19.2. The number of pyridine rings is 1. The average Bonchev–Trinajstić information content (AvgIpc) is 3.56. The second-order valence-electron chi connectivity index (χ2n) is 11.1. The SMILES string of the molecule is CCN1CCC(n2cnc3cnc4ccc(C#CCNC(=O)c5c(C)n(C)n(Cc6ccc(F)c(F)c6)c5=O)cc4c32)CC1. The highest BCUT2D eigenvalue weighted by molar-refractivity contribution is 6.02. The zero-order valence-corrected chi connectivity index (χ0v) is 24.9. The molecule has 11 heteroatoms. The summed E-state index contributed by atoms with van der Waals surface area (Å²) in [6.07, 6.45) is 5.87. The van der Waals surface area contributed by atoms with Crippen LogP contribution in [-0.2, 0) is 13.6 Å². The Morgan fingerprint density at radius 2 is 1.86 bits per heavy atom. The number of hydrogen-bond donors (Lipinski definition) is 1. The van der Waals surface area contributed by atoms with Gasteiger partial charge in [-0.15, -0.1) is 0 Å². The van der Waals surface area contributed by atoms with Crippen LogP contribution >= 0.6 is 0 Å². The van der Waals surface area contributed by atoms with Gasteiger partial charge in [0.1, 0.15) is 11.1 Å². The van der Waals surface area contributed by atoms with Gasteiger partial charge in [0.2, 0.25) is 0 Å². The molecule has 0 atom stereocenters. The van der Waals surface area contributed by atoms with Gasteiger partial charge in [0.05, 0.1) is 36.6 Å². The molecule has 4 heterocycles. The molecule has 1 fully saturated rings. The summed E-state index contributed by atoms with van der Waals surface area (Å²) in [5, 5.41) is 3.70. The van der Waals surface area contributed by atoms with Crippen molar-refractivity contribution < 1.29 is 13.6 Å². The molecule has 0 bridgehead atoms. The van der Waals surface area contributed by atoms with Crippen LogP contribution < -0.4 is 10.9 Å². The Morgan fingerprint density at radius 1 is 1.07 bits per heavy atom. The number of nitrogens with zero attached hydrogens (tertiary/aromatic N) is 6. The minimum absolute atomic E-state index is 0.0125. The molecule has 9 nitrogen and oxygen atoms in total. The van der Waals surface area contributed by atoms with Gasteiger partial charge in [0, 0.05) is 42.8 Å². The number of imidazole rings is 1. The average molecular weight is 598 g/mol. The summed E-state index contributed by atoms with van der Waals surface area (Å²) in [6, 6.07) is 9.68. The van der Waals surface area contributed by atoms with Crippen molar-refractivity contribution in [1.82, 2.24) is 34.1 Å². The number of rotatable bonds is 6. The molecule has 1 saturated heterocycles. The molecule has 3 aromatic heterocycles. The van der Waals surface area contributed by atoms with Gasteiger partial charge in [0.25, 0.3) is 11.5 Å². The fourth-order valence-corrected chi connectivity index (χ4v) is 5.96. The molecule has 5 aromatic rings. The number of amides is 1. The first-order valence-electron chi connectivity index (χ1n) is 14.7. The maximum absolute atomic E-state index is 13.7. The highest BCUT2D eigenvalue weighted by Crippen LogP contribution is 2.30. The van der Waals surface area contributed by atoms with E-state index in [4.69, 9.17) is 0 Å². The topological polar surface area (TPSA) is 90.0 Å². The smallest absolute Gasteiger partial charge is 0.280 e. The van der Waals surface area contributed by atoms with E-state index in [1.165, 1.54) is 15.4 Å². The van der Waals surface area contributed by atoms with E-state index in [2.05, 4.69) is 43.5 Å². The maximum Gasteiger partial charge on any atom is 0.280 e. The molecular weight excluding hydrogens is 564 g/mol. The van der Waals surface area contributed by atoms with Crippen LogP contribution in [0.2, 0.25) is 0 Å². The predicted octanol–water partition coefficient (Wildman–Crippen LogP) is 4.16. The molecule has 1 N–H and O–H groups in total. The summed E-state index contributed by atoms with van der Waals surface area (Å²) in [5.74, 6) is 3.59. The van der Waals surface area contributed by atoms with Crippen LogP contribution in [0.4, 0.5) is 8.78 Å². The van der Waals surface area contributed by atoms with Crippen LogP contribution in [0.15, 0.2) is 53.7 Å². The number of aromatic nitrogens is 5. The number of fused-ring (bicyclic) bond motifs is 3. The van der Waals surface area contributed by atoms with Crippen molar-refractivity contribution in [3.63, 3.8) is 0 Å². The van der Waals surface area contributed by atoms with Crippen LogP contribution in [0, 0.1) is 30.4 Å². The fourth-order valence-electron chi connectivity index (χ4n) is 5.96. The van der Waals surface area contributed by atoms with Gasteiger partial charge >= 0.3 is 0 Å². The lowest BCUT2D eigenvalue weighted by Gasteiger charge is -2.32. The van der Waals surface area contributed by atoms with E-state index < -0.39 is 23.1 Å². The lowest BCUT2D eigenvalue weighted by Crippen LogP contribution is -2.34. The minimum Gasteiger partial charge on any atom is -0.341 e. The molecule has 226 valence electrons. The summed E-state index contributed by atoms with van der Waals surface area (Å²) in [4.78, 5) is 37.8. The summed E-state index contributed by atoms with van der Waals surface area (Å²) in [5.41, 5.74) is 3.85. The fraction of sp³-hybridized carbons (Fsp3) is 0.333. The van der Waals surface area contributed by atoms with Gasteiger partial charge < -0.3 is 14.8 Å². The molecule has 0 aliphatic carbocycles. The molecule has 44 heavy (non-hydrogen) atoms. The molecule has 6 rings (SSSR count). The molecule has 1 aliphatic heterocycles. The number of halogens is 2. The van der Waals surface area contributed by atoms with Gasteiger partial charge in [-0.3, -0.25) is 19.3 Å². The third kappa shape index (κ3) is 5.49. The minimum atomic E-state index is -0.997. The summed E-state index contributed by atoms with van der Waals surface area (Å²) >= 11 is 0. The molecule has 2 aromatic carbocycles. The van der Waals surface area contributed by atoms with Gasteiger partial charge in [-0.25, -0.2) is 18.4 Å². The molecule has 0 saturated carbocycles. The van der Waals surface area contributed by atoms with E-state index in [0.29, 0.717) is 17.3 Å². The highest BCUT2D eigenvalue weighted by Gasteiger charge is 2.23. The molecule has 1 amide bonds. The Morgan fingerprint density at radius 3 is 2.61 bits per heavy atom. The number of carbonyl (C=O) groups excluding carboxylic acids is 1. The lowest BCUT2D eigenvalue weighted by atomic mass is 10.0. The van der Waals surface area contributed by atoms with Gasteiger partial charge in [0.15, 0.2) is 11.6 Å². The summed E-state index contributed by atoms with van der Waals surface area (Å²) in [7, 11) is 1.64. The molecular formula is C33H33F2N7O2. The lowest BCUT2D eigenvalue weighted by molar-refractivity contribution is 0.0956. The van der Waals surface area contributed by atoms with Crippen LogP contribution in [0.25, 0.3) is 21.9 Å². The predicted molar refractivity (Wildman–Crippen MR) is 165 cm³/mol. The summed E-state index contributed by atoms with van der Waals surface area (Å²) < 4.78 is 32.1. The van der Waals surface area contributed by atoms with Crippen molar-refractivity contribution in [2.45, 2.75) is 39.3 Å². The Balaban J connectivity index is 1.19. The molecule has 1 aliphatic rings. The Kier molecular flexibility index (Phi) is 8.01. The van der Waals surface area contributed by atoms with Gasteiger partial charge in [-0.05, 0) is 62.2 Å². The second kappa shape index (κ2) is 12.1. The van der Waals surface area contributed by atoms with Crippen molar-refractivity contribution >= 4 is 27.8 Å². The number of benzene rings is 2. The Bertz CT molecular complexity index is 2010. The molecule has 0 spiro atoms. The van der Waals surface area contributed by atoms with Crippen LogP contribution in [0.1, 0.15) is 53.0 Å². The summed E-state index contributed by atoms with van der Waals surface area (Å²) in [6.45, 7) is 7.07. The van der Waals surface area contributed by atoms with E-state index in [-0.39, 0.29) is 18.7 Å². The third-order valence-corrected chi connectivity index (χ3v) is 8.57. The van der Waals surface area contributed by atoms with E-state index in [9.17, 15) is 18.4 Å². The first kappa shape index (κ1) is 29.3. The van der Waals surface area contributed by atoms with Crippen LogP contribution in [-0.4, -0.2) is 60.9 Å². The van der Waals surface area contributed by atoms with Crippen molar-refractivity contribution in [2.24, 2.45) is 7.05 Å². The third-order valence-electron chi connectivity index (χ3n) is 8.57.